The Kier molecular flexibility index (Phi) is 4.20. The van der Waals surface area contributed by atoms with Crippen molar-refractivity contribution in [2.45, 2.75) is 26.7 Å². The van der Waals surface area contributed by atoms with Gasteiger partial charge in [0, 0.05) is 23.3 Å². The number of fused-ring (bicyclic) bond motifs is 1. The Balaban J connectivity index is 2.20. The van der Waals surface area contributed by atoms with Gasteiger partial charge in [-0.15, -0.1) is 0 Å². The standard InChI is InChI=1S/C20H21NO2/c1-4-23-20(22)18-13-17-11-8-12-21(17)19(15(18)3)14(2)16-9-6-5-7-10-16/h5-14H,4H2,1-3H3. The first-order valence-electron chi connectivity index (χ1n) is 7.96. The lowest BCUT2D eigenvalue weighted by Crippen LogP contribution is -2.13. The molecule has 0 radical (unpaired) electrons. The number of nitrogens with zero attached hydrogens (tertiary/aromatic N) is 1. The molecule has 1 aromatic carbocycles. The van der Waals surface area contributed by atoms with Gasteiger partial charge in [0.05, 0.1) is 12.2 Å². The van der Waals surface area contributed by atoms with E-state index in [1.807, 2.05) is 56.4 Å². The van der Waals surface area contributed by atoms with Gasteiger partial charge in [-0.25, -0.2) is 4.79 Å². The minimum absolute atomic E-state index is 0.181. The van der Waals surface area contributed by atoms with E-state index in [2.05, 4.69) is 23.5 Å². The molecule has 0 aliphatic heterocycles. The first-order valence-corrected chi connectivity index (χ1v) is 7.96. The van der Waals surface area contributed by atoms with Crippen LogP contribution in [-0.4, -0.2) is 17.0 Å². The summed E-state index contributed by atoms with van der Waals surface area (Å²) in [6.45, 7) is 6.39. The number of ether oxygens (including phenoxy) is 1. The summed E-state index contributed by atoms with van der Waals surface area (Å²) in [5.74, 6) is -0.0734. The van der Waals surface area contributed by atoms with Crippen LogP contribution in [0.1, 0.15) is 46.9 Å². The van der Waals surface area contributed by atoms with Gasteiger partial charge in [0.25, 0.3) is 0 Å². The Hall–Kier alpha value is -2.55. The van der Waals surface area contributed by atoms with Crippen LogP contribution in [0.25, 0.3) is 5.52 Å². The van der Waals surface area contributed by atoms with E-state index in [-0.39, 0.29) is 11.9 Å². The third-order valence-corrected chi connectivity index (χ3v) is 4.33. The average molecular weight is 307 g/mol. The molecule has 3 heteroatoms. The Morgan fingerprint density at radius 3 is 2.61 bits per heavy atom. The van der Waals surface area contributed by atoms with Gasteiger partial charge in [-0.1, -0.05) is 37.3 Å². The number of carbonyl (C=O) groups is 1. The summed E-state index contributed by atoms with van der Waals surface area (Å²) in [5.41, 5.74) is 4.99. The maximum absolute atomic E-state index is 12.3. The van der Waals surface area contributed by atoms with Crippen molar-refractivity contribution < 1.29 is 9.53 Å². The molecule has 0 N–H and O–H groups in total. The van der Waals surface area contributed by atoms with Crippen molar-refractivity contribution in [2.24, 2.45) is 0 Å². The number of hydrogen-bond acceptors (Lipinski definition) is 2. The Bertz CT molecular complexity index is 833. The minimum atomic E-state index is -0.254. The van der Waals surface area contributed by atoms with E-state index >= 15 is 0 Å². The molecule has 0 aliphatic rings. The fourth-order valence-electron chi connectivity index (χ4n) is 3.16. The highest BCUT2D eigenvalue weighted by molar-refractivity contribution is 5.93. The average Bonchev–Trinajstić information content (AvgIpc) is 3.02. The predicted molar refractivity (Wildman–Crippen MR) is 92.0 cm³/mol. The summed E-state index contributed by atoms with van der Waals surface area (Å²) < 4.78 is 7.39. The number of pyridine rings is 1. The number of hydrogen-bond donors (Lipinski definition) is 0. The molecule has 3 aromatic rings. The number of carbonyl (C=O) groups excluding carboxylic acids is 1. The molecule has 1 unspecified atom stereocenters. The van der Waals surface area contributed by atoms with Crippen LogP contribution >= 0.6 is 0 Å². The normalized spacial score (nSPS) is 12.3. The van der Waals surface area contributed by atoms with Crippen molar-refractivity contribution in [1.82, 2.24) is 4.40 Å². The van der Waals surface area contributed by atoms with Crippen molar-refractivity contribution in [3.63, 3.8) is 0 Å². The summed E-state index contributed by atoms with van der Waals surface area (Å²) in [6.07, 6.45) is 2.05. The molecule has 118 valence electrons. The quantitative estimate of drug-likeness (QED) is 0.661. The maximum atomic E-state index is 12.3. The number of esters is 1. The predicted octanol–water partition coefficient (Wildman–Crippen LogP) is 4.58. The number of benzene rings is 1. The summed E-state index contributed by atoms with van der Waals surface area (Å²) in [4.78, 5) is 12.3. The summed E-state index contributed by atoms with van der Waals surface area (Å²) in [6, 6.07) is 16.3. The zero-order chi connectivity index (χ0) is 16.4. The van der Waals surface area contributed by atoms with E-state index in [1.54, 1.807) is 0 Å². The van der Waals surface area contributed by atoms with E-state index < -0.39 is 0 Å². The van der Waals surface area contributed by atoms with Crippen LogP contribution in [-0.2, 0) is 4.74 Å². The lowest BCUT2D eigenvalue weighted by Gasteiger charge is -2.20. The highest BCUT2D eigenvalue weighted by atomic mass is 16.5. The molecule has 0 amide bonds. The first-order chi connectivity index (χ1) is 11.1. The van der Waals surface area contributed by atoms with Crippen LogP contribution in [0.3, 0.4) is 0 Å². The monoisotopic (exact) mass is 307 g/mol. The van der Waals surface area contributed by atoms with Crippen molar-refractivity contribution in [2.75, 3.05) is 6.61 Å². The van der Waals surface area contributed by atoms with Crippen LogP contribution < -0.4 is 0 Å². The molecular weight excluding hydrogens is 286 g/mol. The molecule has 0 spiro atoms. The first kappa shape index (κ1) is 15.3. The topological polar surface area (TPSA) is 30.7 Å². The van der Waals surface area contributed by atoms with Crippen LogP contribution in [0.15, 0.2) is 54.7 Å². The van der Waals surface area contributed by atoms with Gasteiger partial charge < -0.3 is 9.14 Å². The van der Waals surface area contributed by atoms with E-state index in [1.165, 1.54) is 5.56 Å². The largest absolute Gasteiger partial charge is 0.462 e. The molecule has 23 heavy (non-hydrogen) atoms. The Labute approximate surface area is 136 Å². The number of aromatic nitrogens is 1. The smallest absolute Gasteiger partial charge is 0.338 e. The van der Waals surface area contributed by atoms with Crippen LogP contribution in [0, 0.1) is 6.92 Å². The van der Waals surface area contributed by atoms with Gasteiger partial charge in [0.1, 0.15) is 0 Å². The fraction of sp³-hybridized carbons (Fsp3) is 0.250. The molecule has 3 nitrogen and oxygen atoms in total. The van der Waals surface area contributed by atoms with Crippen molar-refractivity contribution in [3.8, 4) is 0 Å². The second-order valence-electron chi connectivity index (χ2n) is 5.72. The molecule has 2 heterocycles. The van der Waals surface area contributed by atoms with Crippen molar-refractivity contribution in [3.05, 3.63) is 77.1 Å². The minimum Gasteiger partial charge on any atom is -0.462 e. The molecule has 0 saturated carbocycles. The highest BCUT2D eigenvalue weighted by Crippen LogP contribution is 2.30. The molecule has 3 rings (SSSR count). The van der Waals surface area contributed by atoms with Gasteiger partial charge >= 0.3 is 5.97 Å². The van der Waals surface area contributed by atoms with Gasteiger partial charge in [-0.05, 0) is 43.2 Å². The fourth-order valence-corrected chi connectivity index (χ4v) is 3.16. The maximum Gasteiger partial charge on any atom is 0.338 e. The van der Waals surface area contributed by atoms with Crippen molar-refractivity contribution in [1.29, 1.82) is 0 Å². The second kappa shape index (κ2) is 6.29. The molecule has 1 atom stereocenters. The zero-order valence-corrected chi connectivity index (χ0v) is 13.7. The Morgan fingerprint density at radius 1 is 1.17 bits per heavy atom. The zero-order valence-electron chi connectivity index (χ0n) is 13.7. The van der Waals surface area contributed by atoms with Gasteiger partial charge in [0.2, 0.25) is 0 Å². The lowest BCUT2D eigenvalue weighted by molar-refractivity contribution is 0.0525. The van der Waals surface area contributed by atoms with Gasteiger partial charge in [-0.2, -0.15) is 0 Å². The Morgan fingerprint density at radius 2 is 1.91 bits per heavy atom. The molecule has 0 fully saturated rings. The molecule has 0 saturated heterocycles. The van der Waals surface area contributed by atoms with Gasteiger partial charge in [0.15, 0.2) is 0 Å². The summed E-state index contributed by atoms with van der Waals surface area (Å²) in [5, 5.41) is 0. The van der Waals surface area contributed by atoms with E-state index in [0.29, 0.717) is 12.2 Å². The number of rotatable bonds is 4. The van der Waals surface area contributed by atoms with E-state index in [4.69, 9.17) is 4.74 Å². The third-order valence-electron chi connectivity index (χ3n) is 4.33. The highest BCUT2D eigenvalue weighted by Gasteiger charge is 2.21. The lowest BCUT2D eigenvalue weighted by atomic mass is 9.92. The third kappa shape index (κ3) is 2.74. The van der Waals surface area contributed by atoms with Gasteiger partial charge in [-0.3, -0.25) is 0 Å². The molecule has 0 bridgehead atoms. The SMILES string of the molecule is CCOC(=O)c1cc2cccn2c(C(C)c2ccccc2)c1C. The molecule has 2 aromatic heterocycles. The van der Waals surface area contributed by atoms with Crippen LogP contribution in [0.2, 0.25) is 0 Å². The van der Waals surface area contributed by atoms with Crippen LogP contribution in [0.4, 0.5) is 0 Å². The second-order valence-corrected chi connectivity index (χ2v) is 5.72. The summed E-state index contributed by atoms with van der Waals surface area (Å²) >= 11 is 0. The molecule has 0 aliphatic carbocycles. The van der Waals surface area contributed by atoms with Crippen molar-refractivity contribution >= 4 is 11.5 Å². The van der Waals surface area contributed by atoms with E-state index in [0.717, 1.165) is 16.8 Å². The molecular formula is C20H21NO2. The summed E-state index contributed by atoms with van der Waals surface area (Å²) in [7, 11) is 0. The van der Waals surface area contributed by atoms with E-state index in [9.17, 15) is 4.79 Å². The van der Waals surface area contributed by atoms with Crippen LogP contribution in [0.5, 0.6) is 0 Å².